The molecule has 0 saturated heterocycles. The highest BCUT2D eigenvalue weighted by molar-refractivity contribution is 6.62. The Morgan fingerprint density at radius 1 is 1.50 bits per heavy atom. The fraction of sp³-hybridized carbons (Fsp3) is 0.875. The maximum Gasteiger partial charge on any atom is 0.316 e. The molecule has 0 fully saturated rings. The Balaban J connectivity index is 3.38. The third-order valence-corrected chi connectivity index (χ3v) is 1.79. The minimum atomic E-state index is -0.381. The van der Waals surface area contributed by atoms with Crippen molar-refractivity contribution in [1.29, 1.82) is 0 Å². The average molecular weight is 194 g/mol. The van der Waals surface area contributed by atoms with Gasteiger partial charge in [0, 0.05) is 26.3 Å². The van der Waals surface area contributed by atoms with E-state index in [1.807, 2.05) is 13.8 Å². The van der Waals surface area contributed by atoms with E-state index in [0.717, 1.165) is 13.0 Å². The van der Waals surface area contributed by atoms with Crippen LogP contribution in [0.2, 0.25) is 0 Å². The van der Waals surface area contributed by atoms with Gasteiger partial charge in [-0.15, -0.1) is 0 Å². The molecule has 4 heteroatoms. The first-order chi connectivity index (χ1) is 5.72. The number of carbonyl (C=O) groups is 1. The van der Waals surface area contributed by atoms with Gasteiger partial charge >= 0.3 is 5.37 Å². The van der Waals surface area contributed by atoms with Gasteiger partial charge in [-0.25, -0.2) is 0 Å². The van der Waals surface area contributed by atoms with Crippen LogP contribution in [0.1, 0.15) is 20.3 Å². The Morgan fingerprint density at radius 2 is 2.17 bits per heavy atom. The number of nitrogens with zero attached hydrogens (tertiary/aromatic N) is 1. The van der Waals surface area contributed by atoms with Crippen LogP contribution in [0.15, 0.2) is 0 Å². The van der Waals surface area contributed by atoms with Gasteiger partial charge in [0.25, 0.3) is 0 Å². The van der Waals surface area contributed by atoms with Gasteiger partial charge in [-0.2, -0.15) is 0 Å². The SMILES string of the molecule is CCOCCCN(CC)C(=O)Cl. The maximum atomic E-state index is 10.7. The van der Waals surface area contributed by atoms with E-state index in [1.54, 1.807) is 4.90 Å². The second kappa shape index (κ2) is 7.37. The maximum absolute atomic E-state index is 10.7. The zero-order chi connectivity index (χ0) is 9.40. The van der Waals surface area contributed by atoms with Crippen LogP contribution in [-0.2, 0) is 4.74 Å². The summed E-state index contributed by atoms with van der Waals surface area (Å²) in [6.07, 6.45) is 0.847. The third-order valence-electron chi connectivity index (χ3n) is 1.55. The molecule has 0 saturated carbocycles. The summed E-state index contributed by atoms with van der Waals surface area (Å²) in [6.45, 7) is 6.61. The number of hydrogen-bond acceptors (Lipinski definition) is 2. The molecule has 0 rings (SSSR count). The molecular formula is C8H16ClNO2. The molecule has 0 spiro atoms. The van der Waals surface area contributed by atoms with E-state index in [4.69, 9.17) is 16.3 Å². The van der Waals surface area contributed by atoms with Gasteiger partial charge in [0.05, 0.1) is 0 Å². The Hall–Kier alpha value is -0.280. The summed E-state index contributed by atoms with van der Waals surface area (Å²) in [7, 11) is 0. The second-order valence-electron chi connectivity index (χ2n) is 2.38. The summed E-state index contributed by atoms with van der Waals surface area (Å²) >= 11 is 5.30. The molecule has 0 N–H and O–H groups in total. The smallest absolute Gasteiger partial charge is 0.316 e. The van der Waals surface area contributed by atoms with Crippen molar-refractivity contribution in [1.82, 2.24) is 4.90 Å². The Kier molecular flexibility index (Phi) is 7.20. The molecule has 3 nitrogen and oxygen atoms in total. The van der Waals surface area contributed by atoms with Gasteiger partial charge in [0.15, 0.2) is 0 Å². The number of amides is 1. The molecule has 0 aliphatic rings. The summed E-state index contributed by atoms with van der Waals surface area (Å²) in [6, 6.07) is 0. The van der Waals surface area contributed by atoms with Gasteiger partial charge < -0.3 is 9.64 Å². The number of carbonyl (C=O) groups excluding carboxylic acids is 1. The molecule has 0 unspecified atom stereocenters. The second-order valence-corrected chi connectivity index (χ2v) is 2.71. The lowest BCUT2D eigenvalue weighted by molar-refractivity contribution is 0.137. The van der Waals surface area contributed by atoms with E-state index in [9.17, 15) is 4.79 Å². The van der Waals surface area contributed by atoms with Crippen LogP contribution >= 0.6 is 11.6 Å². The number of ether oxygens (including phenoxy) is 1. The summed E-state index contributed by atoms with van der Waals surface area (Å²) in [5, 5.41) is -0.381. The standard InChI is InChI=1S/C8H16ClNO2/c1-3-10(8(9)11)6-5-7-12-4-2/h3-7H2,1-2H3. The highest BCUT2D eigenvalue weighted by Gasteiger charge is 2.06. The molecule has 12 heavy (non-hydrogen) atoms. The van der Waals surface area contributed by atoms with Crippen molar-refractivity contribution >= 4 is 17.0 Å². The zero-order valence-corrected chi connectivity index (χ0v) is 8.43. The lowest BCUT2D eigenvalue weighted by atomic mass is 10.4. The van der Waals surface area contributed by atoms with Gasteiger partial charge in [0.1, 0.15) is 0 Å². The normalized spacial score (nSPS) is 9.92. The van der Waals surface area contributed by atoms with Gasteiger partial charge in [-0.05, 0) is 31.9 Å². The van der Waals surface area contributed by atoms with Crippen LogP contribution in [-0.4, -0.2) is 36.6 Å². The minimum Gasteiger partial charge on any atom is -0.382 e. The summed E-state index contributed by atoms with van der Waals surface area (Å²) in [4.78, 5) is 12.3. The Morgan fingerprint density at radius 3 is 2.58 bits per heavy atom. The number of halogens is 1. The van der Waals surface area contributed by atoms with Crippen molar-refractivity contribution in [3.05, 3.63) is 0 Å². The van der Waals surface area contributed by atoms with Crippen molar-refractivity contribution in [3.8, 4) is 0 Å². The van der Waals surface area contributed by atoms with E-state index in [0.29, 0.717) is 19.7 Å². The molecule has 0 heterocycles. The molecule has 1 amide bonds. The minimum absolute atomic E-state index is 0.381. The molecule has 0 atom stereocenters. The molecular weight excluding hydrogens is 178 g/mol. The molecule has 0 aliphatic carbocycles. The summed E-state index contributed by atoms with van der Waals surface area (Å²) in [5.41, 5.74) is 0. The molecule has 0 radical (unpaired) electrons. The van der Waals surface area contributed by atoms with E-state index in [2.05, 4.69) is 0 Å². The zero-order valence-electron chi connectivity index (χ0n) is 7.68. The predicted molar refractivity (Wildman–Crippen MR) is 49.6 cm³/mol. The van der Waals surface area contributed by atoms with Crippen LogP contribution in [0, 0.1) is 0 Å². The first-order valence-electron chi connectivity index (χ1n) is 4.24. The summed E-state index contributed by atoms with van der Waals surface area (Å²) in [5.74, 6) is 0. The van der Waals surface area contributed by atoms with Crippen molar-refractivity contribution in [3.63, 3.8) is 0 Å². The van der Waals surface area contributed by atoms with Crippen molar-refractivity contribution in [2.45, 2.75) is 20.3 Å². The number of rotatable bonds is 6. The highest BCUT2D eigenvalue weighted by Crippen LogP contribution is 1.97. The molecule has 72 valence electrons. The largest absolute Gasteiger partial charge is 0.382 e. The van der Waals surface area contributed by atoms with Crippen molar-refractivity contribution in [2.24, 2.45) is 0 Å². The van der Waals surface area contributed by atoms with Crippen molar-refractivity contribution in [2.75, 3.05) is 26.3 Å². The molecule has 0 aliphatic heterocycles. The van der Waals surface area contributed by atoms with E-state index >= 15 is 0 Å². The van der Waals surface area contributed by atoms with Gasteiger partial charge in [0.2, 0.25) is 0 Å². The van der Waals surface area contributed by atoms with Gasteiger partial charge in [-0.3, -0.25) is 4.79 Å². The average Bonchev–Trinajstić information content (AvgIpc) is 2.04. The first-order valence-corrected chi connectivity index (χ1v) is 4.62. The van der Waals surface area contributed by atoms with E-state index < -0.39 is 0 Å². The Labute approximate surface area is 78.6 Å². The van der Waals surface area contributed by atoms with Gasteiger partial charge in [-0.1, -0.05) is 0 Å². The van der Waals surface area contributed by atoms with Crippen LogP contribution in [0.25, 0.3) is 0 Å². The lowest BCUT2D eigenvalue weighted by Gasteiger charge is -2.16. The van der Waals surface area contributed by atoms with Crippen molar-refractivity contribution < 1.29 is 9.53 Å². The van der Waals surface area contributed by atoms with Crippen LogP contribution in [0.5, 0.6) is 0 Å². The topological polar surface area (TPSA) is 29.5 Å². The van der Waals surface area contributed by atoms with Crippen LogP contribution in [0.3, 0.4) is 0 Å². The highest BCUT2D eigenvalue weighted by atomic mass is 35.5. The Bertz CT molecular complexity index is 130. The fourth-order valence-corrected chi connectivity index (χ4v) is 1.08. The summed E-state index contributed by atoms with van der Waals surface area (Å²) < 4.78 is 5.13. The fourth-order valence-electron chi connectivity index (χ4n) is 0.872. The molecule has 0 bridgehead atoms. The monoisotopic (exact) mass is 193 g/mol. The molecule has 0 aromatic heterocycles. The first kappa shape index (κ1) is 11.7. The van der Waals surface area contributed by atoms with Crippen LogP contribution in [0.4, 0.5) is 4.79 Å². The number of hydrogen-bond donors (Lipinski definition) is 0. The molecule has 0 aromatic rings. The van der Waals surface area contributed by atoms with E-state index in [1.165, 1.54) is 0 Å². The lowest BCUT2D eigenvalue weighted by Crippen LogP contribution is -2.27. The van der Waals surface area contributed by atoms with Crippen LogP contribution < -0.4 is 0 Å². The molecule has 0 aromatic carbocycles. The quantitative estimate of drug-likeness (QED) is 0.367. The third kappa shape index (κ3) is 5.38. The predicted octanol–water partition coefficient (Wildman–Crippen LogP) is 2.09. The van der Waals surface area contributed by atoms with E-state index in [-0.39, 0.29) is 5.37 Å².